The van der Waals surface area contributed by atoms with Crippen LogP contribution in [0.1, 0.15) is 143 Å². The molecule has 4 rings (SSSR count). The largest absolute Gasteiger partial charge is 0.494 e. The maximum atomic E-state index is 13.6. The van der Waals surface area contributed by atoms with Gasteiger partial charge in [0.25, 0.3) is 0 Å². The minimum absolute atomic E-state index is 0.174. The molecule has 0 amide bonds. The molecular weight excluding hydrogens is 658 g/mol. The first-order valence-electron chi connectivity index (χ1n) is 19.5. The van der Waals surface area contributed by atoms with Gasteiger partial charge >= 0.3 is 11.9 Å². The van der Waals surface area contributed by atoms with Crippen LogP contribution < -0.4 is 9.47 Å². The number of para-hydroxylation sites is 1. The number of hydrogen-bond acceptors (Lipinski definition) is 9. The molecule has 9 heteroatoms. The van der Waals surface area contributed by atoms with Gasteiger partial charge in [-0.05, 0) is 74.3 Å². The van der Waals surface area contributed by atoms with Crippen molar-refractivity contribution in [1.82, 2.24) is 4.98 Å². The summed E-state index contributed by atoms with van der Waals surface area (Å²) in [5.41, 5.74) is 1.58. The first-order chi connectivity index (χ1) is 25.3. The molecule has 3 atom stereocenters. The molecule has 0 bridgehead atoms. The van der Waals surface area contributed by atoms with Crippen LogP contribution in [0.3, 0.4) is 0 Å². The molecule has 1 aliphatic carbocycles. The summed E-state index contributed by atoms with van der Waals surface area (Å²) in [5, 5.41) is 0.829. The number of unbranched alkanes of at least 4 members (excludes halogenated alkanes) is 3. The lowest BCUT2D eigenvalue weighted by atomic mass is 9.98. The van der Waals surface area contributed by atoms with E-state index in [1.807, 2.05) is 24.3 Å². The van der Waals surface area contributed by atoms with Crippen molar-refractivity contribution in [3.8, 4) is 11.5 Å². The smallest absolute Gasteiger partial charge is 0.305 e. The molecule has 0 spiro atoms. The number of pyridine rings is 1. The summed E-state index contributed by atoms with van der Waals surface area (Å²) >= 11 is 0. The highest BCUT2D eigenvalue weighted by Gasteiger charge is 2.41. The number of ether oxygens (including phenoxy) is 4. The number of hydrogen-bond donors (Lipinski definition) is 0. The zero-order valence-electron chi connectivity index (χ0n) is 31.6. The van der Waals surface area contributed by atoms with Crippen molar-refractivity contribution < 1.29 is 38.1 Å². The summed E-state index contributed by atoms with van der Waals surface area (Å²) in [7, 11) is 0. The van der Waals surface area contributed by atoms with Crippen LogP contribution in [-0.4, -0.2) is 54.9 Å². The van der Waals surface area contributed by atoms with Crippen LogP contribution in [0, 0.1) is 11.8 Å². The number of nitrogens with zero attached hydrogens (tertiary/aromatic N) is 1. The van der Waals surface area contributed by atoms with Crippen LogP contribution in [-0.2, 0) is 19.1 Å². The third-order valence-corrected chi connectivity index (χ3v) is 9.92. The van der Waals surface area contributed by atoms with E-state index in [1.54, 1.807) is 24.3 Å². The maximum Gasteiger partial charge on any atom is 0.305 e. The third-order valence-electron chi connectivity index (χ3n) is 9.92. The van der Waals surface area contributed by atoms with E-state index in [9.17, 15) is 19.2 Å². The molecule has 3 aromatic rings. The second-order valence-electron chi connectivity index (χ2n) is 13.9. The molecule has 2 aromatic carbocycles. The number of Topliss-reactive ketones (excluding diaryl/α,β-unsaturated/α-hetero) is 2. The highest BCUT2D eigenvalue weighted by Crippen LogP contribution is 2.36. The van der Waals surface area contributed by atoms with Crippen molar-refractivity contribution in [1.29, 1.82) is 0 Å². The third kappa shape index (κ3) is 11.6. The second-order valence-corrected chi connectivity index (χ2v) is 13.9. The van der Waals surface area contributed by atoms with Gasteiger partial charge in [-0.1, -0.05) is 84.4 Å². The molecule has 0 saturated carbocycles. The first kappa shape index (κ1) is 40.5. The van der Waals surface area contributed by atoms with Gasteiger partial charge in [0.05, 0.1) is 32.1 Å². The number of rotatable bonds is 24. The number of ketones is 2. The van der Waals surface area contributed by atoms with Crippen LogP contribution in [0.5, 0.6) is 11.5 Å². The van der Waals surface area contributed by atoms with Gasteiger partial charge in [0.15, 0.2) is 11.6 Å². The van der Waals surface area contributed by atoms with Crippen LogP contribution >= 0.6 is 0 Å². The van der Waals surface area contributed by atoms with Gasteiger partial charge in [0.1, 0.15) is 22.9 Å². The number of benzene rings is 2. The molecule has 282 valence electrons. The monoisotopic (exact) mass is 715 g/mol. The number of carbonyl (C=O) groups excluding carboxylic acids is 4. The Balaban J connectivity index is 1.28. The Bertz CT molecular complexity index is 1630. The number of carbonyl (C=O) groups is 4. The molecule has 9 nitrogen and oxygen atoms in total. The van der Waals surface area contributed by atoms with E-state index in [0.29, 0.717) is 91.2 Å². The fraction of sp³-hybridized carbons (Fsp3) is 0.558. The van der Waals surface area contributed by atoms with Crippen LogP contribution in [0.4, 0.5) is 0 Å². The van der Waals surface area contributed by atoms with Crippen molar-refractivity contribution >= 4 is 34.4 Å². The summed E-state index contributed by atoms with van der Waals surface area (Å²) in [5.74, 6) is -0.244. The summed E-state index contributed by atoms with van der Waals surface area (Å²) in [6, 6.07) is 14.1. The Morgan fingerprint density at radius 1 is 0.692 bits per heavy atom. The van der Waals surface area contributed by atoms with Gasteiger partial charge < -0.3 is 18.9 Å². The van der Waals surface area contributed by atoms with Gasteiger partial charge in [0.2, 0.25) is 0 Å². The summed E-state index contributed by atoms with van der Waals surface area (Å²) in [6.07, 6.45) is 11.1. The molecule has 0 fully saturated rings. The van der Waals surface area contributed by atoms with Crippen molar-refractivity contribution in [2.75, 3.05) is 26.4 Å². The molecule has 52 heavy (non-hydrogen) atoms. The predicted molar refractivity (Wildman–Crippen MR) is 202 cm³/mol. The van der Waals surface area contributed by atoms with E-state index in [4.69, 9.17) is 23.9 Å². The average molecular weight is 716 g/mol. The van der Waals surface area contributed by atoms with Crippen molar-refractivity contribution in [2.45, 2.75) is 117 Å². The Morgan fingerprint density at radius 2 is 1.33 bits per heavy atom. The van der Waals surface area contributed by atoms with Crippen molar-refractivity contribution in [3.05, 3.63) is 65.4 Å². The Morgan fingerprint density at radius 3 is 1.98 bits per heavy atom. The molecule has 0 N–H and O–H groups in total. The maximum absolute atomic E-state index is 13.6. The van der Waals surface area contributed by atoms with Crippen LogP contribution in [0.15, 0.2) is 48.5 Å². The Hall–Kier alpha value is -4.27. The normalized spacial score (nSPS) is 15.0. The number of fused-ring (bicyclic) bond motifs is 2. The fourth-order valence-electron chi connectivity index (χ4n) is 6.46. The van der Waals surface area contributed by atoms with E-state index >= 15 is 0 Å². The first-order valence-corrected chi connectivity index (χ1v) is 19.5. The van der Waals surface area contributed by atoms with E-state index in [2.05, 4.69) is 27.7 Å². The summed E-state index contributed by atoms with van der Waals surface area (Å²) in [6.45, 7) is 10.2. The van der Waals surface area contributed by atoms with Crippen LogP contribution in [0.2, 0.25) is 0 Å². The fourth-order valence-corrected chi connectivity index (χ4v) is 6.46. The van der Waals surface area contributed by atoms with Crippen molar-refractivity contribution in [3.63, 3.8) is 0 Å². The lowest BCUT2D eigenvalue weighted by molar-refractivity contribution is -0.146. The molecule has 1 aromatic heterocycles. The molecule has 1 heterocycles. The van der Waals surface area contributed by atoms with E-state index in [-0.39, 0.29) is 36.5 Å². The van der Waals surface area contributed by atoms with Gasteiger partial charge in [-0.25, -0.2) is 4.98 Å². The summed E-state index contributed by atoms with van der Waals surface area (Å²) in [4.78, 5) is 56.4. The van der Waals surface area contributed by atoms with E-state index in [0.717, 1.165) is 56.8 Å². The van der Waals surface area contributed by atoms with E-state index < -0.39 is 5.92 Å². The Kier molecular flexibility index (Phi) is 16.6. The molecule has 0 radical (unpaired) electrons. The second kappa shape index (κ2) is 21.3. The zero-order chi connectivity index (χ0) is 37.3. The highest BCUT2D eigenvalue weighted by molar-refractivity contribution is 6.29. The number of aromatic nitrogens is 1. The molecule has 1 aliphatic rings. The Labute approximate surface area is 309 Å². The minimum Gasteiger partial charge on any atom is -0.494 e. The molecule has 3 unspecified atom stereocenters. The standard InChI is InChI=1S/C43H57NO8/c1-5-9-15-30(7-3)28-51-38(45)19-11-12-25-50-37-18-13-17-32-21-24-36(44-41(32)37)40-42(47)34-23-22-33(27-35(34)43(40)48)49-26-14-20-39(46)52-29-31(8-4)16-10-6-2/h13,17-18,21-24,27,30-31,40H,5-12,14-16,19-20,25-26,28-29H2,1-4H3. The van der Waals surface area contributed by atoms with Crippen molar-refractivity contribution in [2.24, 2.45) is 11.8 Å². The molecule has 0 saturated heterocycles. The SMILES string of the molecule is CCCCC(CC)COC(=O)CCCCOc1cccc2ccc(C3C(=O)c4ccc(OCCCC(=O)OCC(CC)CCCC)cc4C3=O)nc12. The van der Waals surface area contributed by atoms with Gasteiger partial charge in [-0.15, -0.1) is 0 Å². The van der Waals surface area contributed by atoms with Gasteiger partial charge in [-0.2, -0.15) is 0 Å². The summed E-state index contributed by atoms with van der Waals surface area (Å²) < 4.78 is 22.9. The minimum atomic E-state index is -1.05. The van der Waals surface area contributed by atoms with Gasteiger partial charge in [-0.3, -0.25) is 19.2 Å². The van der Waals surface area contributed by atoms with E-state index in [1.165, 1.54) is 0 Å². The lowest BCUT2D eigenvalue weighted by Gasteiger charge is -2.14. The lowest BCUT2D eigenvalue weighted by Crippen LogP contribution is -2.14. The van der Waals surface area contributed by atoms with Gasteiger partial charge in [0, 0.05) is 29.4 Å². The molecular formula is C43H57NO8. The molecule has 0 aliphatic heterocycles. The topological polar surface area (TPSA) is 118 Å². The van der Waals surface area contributed by atoms with Crippen LogP contribution in [0.25, 0.3) is 10.9 Å². The zero-order valence-corrected chi connectivity index (χ0v) is 31.6. The quantitative estimate of drug-likeness (QED) is 0.0507. The highest BCUT2D eigenvalue weighted by atomic mass is 16.5. The number of esters is 2. The predicted octanol–water partition coefficient (Wildman–Crippen LogP) is 9.62. The average Bonchev–Trinajstić information content (AvgIpc) is 3.41.